The van der Waals surface area contributed by atoms with Crippen LogP contribution in [0.3, 0.4) is 0 Å². The first-order valence-corrected chi connectivity index (χ1v) is 8.19. The average Bonchev–Trinajstić information content (AvgIpc) is 2.48. The van der Waals surface area contributed by atoms with Crippen molar-refractivity contribution >= 4 is 0 Å². The largest absolute Gasteiger partial charge is 0.313 e. The van der Waals surface area contributed by atoms with E-state index in [1.165, 1.54) is 43.7 Å². The van der Waals surface area contributed by atoms with Crippen molar-refractivity contribution in [3.05, 3.63) is 29.6 Å². The maximum atomic E-state index is 4.60. The van der Waals surface area contributed by atoms with Crippen LogP contribution >= 0.6 is 0 Å². The Bertz CT molecular complexity index is 394. The number of aromatic nitrogens is 1. The molecule has 4 nitrogen and oxygen atoms in total. The van der Waals surface area contributed by atoms with Gasteiger partial charge in [-0.1, -0.05) is 13.0 Å². The second-order valence-corrected chi connectivity index (χ2v) is 6.42. The molecule has 0 radical (unpaired) electrons. The minimum Gasteiger partial charge on any atom is -0.313 e. The summed E-state index contributed by atoms with van der Waals surface area (Å²) in [5, 5.41) is 3.33. The van der Waals surface area contributed by atoms with E-state index in [1.54, 1.807) is 0 Å². The molecule has 1 N–H and O–H groups in total. The predicted octanol–water partition coefficient (Wildman–Crippen LogP) is 1.96. The van der Waals surface area contributed by atoms with Gasteiger partial charge in [-0.05, 0) is 64.1 Å². The molecule has 0 aromatic carbocycles. The molecule has 1 aliphatic rings. The molecule has 0 aliphatic carbocycles. The lowest BCUT2D eigenvalue weighted by Gasteiger charge is -2.32. The lowest BCUT2D eigenvalue weighted by Crippen LogP contribution is -2.36. The van der Waals surface area contributed by atoms with Crippen molar-refractivity contribution in [2.45, 2.75) is 32.9 Å². The van der Waals surface area contributed by atoms with E-state index in [2.05, 4.69) is 53.3 Å². The van der Waals surface area contributed by atoms with Gasteiger partial charge in [0.25, 0.3) is 0 Å². The Morgan fingerprint density at radius 1 is 1.29 bits per heavy atom. The maximum Gasteiger partial charge on any atom is 0.0544 e. The van der Waals surface area contributed by atoms with Crippen LogP contribution in [0.1, 0.15) is 31.0 Å². The molecule has 4 heteroatoms. The zero-order chi connectivity index (χ0) is 15.1. The highest BCUT2D eigenvalue weighted by molar-refractivity contribution is 5.14. The van der Waals surface area contributed by atoms with Crippen molar-refractivity contribution < 1.29 is 0 Å². The lowest BCUT2D eigenvalue weighted by atomic mass is 9.96. The quantitative estimate of drug-likeness (QED) is 0.832. The van der Waals surface area contributed by atoms with Crippen molar-refractivity contribution in [2.24, 2.45) is 5.92 Å². The fourth-order valence-electron chi connectivity index (χ4n) is 3.00. The molecule has 21 heavy (non-hydrogen) atoms. The van der Waals surface area contributed by atoms with Crippen LogP contribution in [-0.4, -0.2) is 55.1 Å². The molecule has 1 saturated heterocycles. The van der Waals surface area contributed by atoms with Gasteiger partial charge < -0.3 is 10.2 Å². The number of pyridine rings is 1. The third-order valence-electron chi connectivity index (χ3n) is 4.18. The summed E-state index contributed by atoms with van der Waals surface area (Å²) in [4.78, 5) is 9.45. The Balaban J connectivity index is 1.75. The third kappa shape index (κ3) is 5.73. The normalized spacial score (nSPS) is 17.5. The highest BCUT2D eigenvalue weighted by Gasteiger charge is 2.19. The second-order valence-electron chi connectivity index (χ2n) is 6.42. The zero-order valence-corrected chi connectivity index (χ0v) is 13.8. The molecular weight excluding hydrogens is 260 g/mol. The Hall–Kier alpha value is -0.970. The van der Waals surface area contributed by atoms with Gasteiger partial charge in [-0.25, -0.2) is 0 Å². The van der Waals surface area contributed by atoms with Crippen LogP contribution in [0.25, 0.3) is 0 Å². The van der Waals surface area contributed by atoms with Gasteiger partial charge in [0.15, 0.2) is 0 Å². The Labute approximate surface area is 129 Å². The predicted molar refractivity (Wildman–Crippen MR) is 88.2 cm³/mol. The molecule has 0 saturated carbocycles. The smallest absolute Gasteiger partial charge is 0.0544 e. The summed E-state index contributed by atoms with van der Waals surface area (Å²) in [5.74, 6) is 0.867. The first-order valence-electron chi connectivity index (χ1n) is 8.19. The van der Waals surface area contributed by atoms with E-state index in [0.717, 1.165) is 25.6 Å². The molecule has 1 aliphatic heterocycles. The molecule has 1 aromatic heterocycles. The van der Waals surface area contributed by atoms with Crippen molar-refractivity contribution in [1.29, 1.82) is 0 Å². The molecule has 0 unspecified atom stereocenters. The van der Waals surface area contributed by atoms with Crippen LogP contribution in [0.2, 0.25) is 0 Å². The standard InChI is InChI=1S/C17H30N4/c1-4-18-11-16-5-6-17(19-12-16)14-21-9-7-15(8-10-21)13-20(2)3/h5-6,12,15,18H,4,7-11,13-14H2,1-3H3. The number of rotatable bonds is 7. The average molecular weight is 290 g/mol. The Kier molecular flexibility index (Phi) is 6.61. The van der Waals surface area contributed by atoms with Gasteiger partial charge >= 0.3 is 0 Å². The Morgan fingerprint density at radius 3 is 2.62 bits per heavy atom. The topological polar surface area (TPSA) is 31.4 Å². The summed E-state index contributed by atoms with van der Waals surface area (Å²) in [6.45, 7) is 8.69. The first-order chi connectivity index (χ1) is 10.2. The zero-order valence-electron chi connectivity index (χ0n) is 13.8. The van der Waals surface area contributed by atoms with Gasteiger partial charge in [-0.2, -0.15) is 0 Å². The van der Waals surface area contributed by atoms with E-state index >= 15 is 0 Å². The van der Waals surface area contributed by atoms with Crippen molar-refractivity contribution in [3.8, 4) is 0 Å². The van der Waals surface area contributed by atoms with Gasteiger partial charge in [0.1, 0.15) is 0 Å². The van der Waals surface area contributed by atoms with Crippen LogP contribution in [-0.2, 0) is 13.1 Å². The van der Waals surface area contributed by atoms with E-state index in [-0.39, 0.29) is 0 Å². The van der Waals surface area contributed by atoms with E-state index < -0.39 is 0 Å². The molecule has 1 aromatic rings. The molecule has 0 amide bonds. The van der Waals surface area contributed by atoms with Gasteiger partial charge in [-0.15, -0.1) is 0 Å². The molecule has 1 fully saturated rings. The lowest BCUT2D eigenvalue weighted by molar-refractivity contribution is 0.155. The summed E-state index contributed by atoms with van der Waals surface area (Å²) in [6.07, 6.45) is 4.64. The number of piperidine rings is 1. The van der Waals surface area contributed by atoms with Gasteiger partial charge in [0.05, 0.1) is 5.69 Å². The number of hydrogen-bond donors (Lipinski definition) is 1. The number of nitrogens with zero attached hydrogens (tertiary/aromatic N) is 3. The molecule has 0 bridgehead atoms. The van der Waals surface area contributed by atoms with Crippen LogP contribution in [0.5, 0.6) is 0 Å². The third-order valence-corrected chi connectivity index (χ3v) is 4.18. The number of nitrogens with one attached hydrogen (secondary N) is 1. The fourth-order valence-corrected chi connectivity index (χ4v) is 3.00. The van der Waals surface area contributed by atoms with E-state index in [9.17, 15) is 0 Å². The summed E-state index contributed by atoms with van der Waals surface area (Å²) >= 11 is 0. The van der Waals surface area contributed by atoms with E-state index in [1.807, 2.05) is 6.20 Å². The highest BCUT2D eigenvalue weighted by atomic mass is 15.1. The second kappa shape index (κ2) is 8.47. The van der Waals surface area contributed by atoms with Crippen molar-refractivity contribution in [3.63, 3.8) is 0 Å². The number of likely N-dealkylation sites (tertiary alicyclic amines) is 1. The van der Waals surface area contributed by atoms with E-state index in [4.69, 9.17) is 0 Å². The highest BCUT2D eigenvalue weighted by Crippen LogP contribution is 2.19. The molecule has 118 valence electrons. The van der Waals surface area contributed by atoms with Crippen LogP contribution in [0.15, 0.2) is 18.3 Å². The van der Waals surface area contributed by atoms with Crippen LogP contribution < -0.4 is 5.32 Å². The first kappa shape index (κ1) is 16.4. The van der Waals surface area contributed by atoms with Crippen LogP contribution in [0, 0.1) is 5.92 Å². The van der Waals surface area contributed by atoms with Gasteiger partial charge in [-0.3, -0.25) is 9.88 Å². The summed E-state index contributed by atoms with van der Waals surface area (Å²) in [7, 11) is 4.34. The van der Waals surface area contributed by atoms with Crippen molar-refractivity contribution in [2.75, 3.05) is 40.3 Å². The molecule has 2 rings (SSSR count). The molecule has 0 atom stereocenters. The molecular formula is C17H30N4. The summed E-state index contributed by atoms with van der Waals surface area (Å²) in [6, 6.07) is 4.38. The minimum atomic E-state index is 0.867. The van der Waals surface area contributed by atoms with Crippen molar-refractivity contribution in [1.82, 2.24) is 20.1 Å². The summed E-state index contributed by atoms with van der Waals surface area (Å²) in [5.41, 5.74) is 2.46. The minimum absolute atomic E-state index is 0.867. The van der Waals surface area contributed by atoms with Gasteiger partial charge in [0, 0.05) is 25.8 Å². The maximum absolute atomic E-state index is 4.60. The van der Waals surface area contributed by atoms with E-state index in [0.29, 0.717) is 0 Å². The SMILES string of the molecule is CCNCc1ccc(CN2CCC(CN(C)C)CC2)nc1. The molecule has 0 spiro atoms. The fraction of sp³-hybridized carbons (Fsp3) is 0.706. The Morgan fingerprint density at radius 2 is 2.05 bits per heavy atom. The number of hydrogen-bond acceptors (Lipinski definition) is 4. The molecule has 2 heterocycles. The summed E-state index contributed by atoms with van der Waals surface area (Å²) < 4.78 is 0. The van der Waals surface area contributed by atoms with Crippen LogP contribution in [0.4, 0.5) is 0 Å². The monoisotopic (exact) mass is 290 g/mol. The van der Waals surface area contributed by atoms with Gasteiger partial charge in [0.2, 0.25) is 0 Å².